The molecular weight excluding hydrogens is 460 g/mol. The Labute approximate surface area is 196 Å². The van der Waals surface area contributed by atoms with E-state index in [-0.39, 0.29) is 35.7 Å². The molecule has 0 unspecified atom stereocenters. The van der Waals surface area contributed by atoms with Crippen molar-refractivity contribution in [3.05, 3.63) is 84.5 Å². The summed E-state index contributed by atoms with van der Waals surface area (Å²) in [6.45, 7) is 8.48. The molecule has 178 valence electrons. The first kappa shape index (κ1) is 26.5. The van der Waals surface area contributed by atoms with Crippen LogP contribution in [0.5, 0.6) is 0 Å². The van der Waals surface area contributed by atoms with Crippen LogP contribution in [-0.4, -0.2) is 33.5 Å². The summed E-state index contributed by atoms with van der Waals surface area (Å²) in [6.07, 6.45) is 4.10. The third kappa shape index (κ3) is 5.81. The van der Waals surface area contributed by atoms with Gasteiger partial charge >= 0.3 is 5.97 Å². The summed E-state index contributed by atoms with van der Waals surface area (Å²) in [5, 5.41) is 0. The molecule has 0 saturated heterocycles. The first-order chi connectivity index (χ1) is 15.5. The molecule has 2 aromatic rings. The summed E-state index contributed by atoms with van der Waals surface area (Å²) in [7, 11) is -8.73. The van der Waals surface area contributed by atoms with Gasteiger partial charge in [-0.15, -0.1) is 6.58 Å². The van der Waals surface area contributed by atoms with Gasteiger partial charge in [0.1, 0.15) is 6.61 Å². The van der Waals surface area contributed by atoms with Crippen LogP contribution in [-0.2, 0) is 29.2 Å². The second-order valence-electron chi connectivity index (χ2n) is 7.85. The van der Waals surface area contributed by atoms with Crippen molar-refractivity contribution in [3.8, 4) is 0 Å². The van der Waals surface area contributed by atoms with Crippen LogP contribution in [0.2, 0.25) is 0 Å². The fourth-order valence-electron chi connectivity index (χ4n) is 3.42. The lowest BCUT2D eigenvalue weighted by molar-refractivity contribution is -0.139. The lowest BCUT2D eigenvalue weighted by Crippen LogP contribution is -2.46. The summed E-state index contributed by atoms with van der Waals surface area (Å²) in [4.78, 5) is 10.9. The average molecular weight is 491 g/mol. The van der Waals surface area contributed by atoms with Crippen LogP contribution < -0.4 is 0 Å². The third-order valence-electron chi connectivity index (χ3n) is 5.35. The van der Waals surface area contributed by atoms with Crippen molar-refractivity contribution in [1.82, 2.24) is 0 Å². The van der Waals surface area contributed by atoms with Crippen molar-refractivity contribution in [2.45, 2.75) is 53.9 Å². The second kappa shape index (κ2) is 10.9. The number of rotatable bonds is 11. The smallest absolute Gasteiger partial charge is 0.302 e. The number of sulfone groups is 2. The number of carbonyl (C=O) groups excluding carboxylic acids is 1. The highest BCUT2D eigenvalue weighted by atomic mass is 32.3. The van der Waals surface area contributed by atoms with Crippen molar-refractivity contribution >= 4 is 25.6 Å². The Morgan fingerprint density at radius 1 is 0.879 bits per heavy atom. The van der Waals surface area contributed by atoms with E-state index in [4.69, 9.17) is 4.74 Å². The summed E-state index contributed by atoms with van der Waals surface area (Å²) in [5.74, 6) is -0.489. The van der Waals surface area contributed by atoms with Gasteiger partial charge < -0.3 is 4.74 Å². The molecule has 0 aliphatic heterocycles. The maximum absolute atomic E-state index is 14.0. The van der Waals surface area contributed by atoms with Crippen molar-refractivity contribution in [2.24, 2.45) is 0 Å². The Kier molecular flexibility index (Phi) is 8.80. The summed E-state index contributed by atoms with van der Waals surface area (Å²) in [5.41, 5.74) is 1.71. The Bertz CT molecular complexity index is 1130. The lowest BCUT2D eigenvalue weighted by atomic mass is 10.1. The van der Waals surface area contributed by atoms with Gasteiger partial charge in [-0.05, 0) is 51.0 Å². The highest BCUT2D eigenvalue weighted by Gasteiger charge is 2.54. The van der Waals surface area contributed by atoms with E-state index < -0.39 is 29.7 Å². The lowest BCUT2D eigenvalue weighted by Gasteiger charge is -2.32. The molecule has 0 amide bonds. The minimum absolute atomic E-state index is 0.0683. The van der Waals surface area contributed by atoms with Gasteiger partial charge in [-0.2, -0.15) is 0 Å². The first-order valence-electron chi connectivity index (χ1n) is 10.5. The normalized spacial score (nSPS) is 12.6. The molecule has 0 aliphatic rings. The highest BCUT2D eigenvalue weighted by molar-refractivity contribution is 8.10. The van der Waals surface area contributed by atoms with Crippen molar-refractivity contribution in [2.75, 3.05) is 6.61 Å². The molecule has 0 N–H and O–H groups in total. The Morgan fingerprint density at radius 2 is 1.33 bits per heavy atom. The molecule has 8 heteroatoms. The Morgan fingerprint density at radius 3 is 1.73 bits per heavy atom. The van der Waals surface area contributed by atoms with E-state index in [0.717, 1.165) is 11.1 Å². The van der Waals surface area contributed by atoms with Crippen molar-refractivity contribution in [3.63, 3.8) is 0 Å². The zero-order valence-electron chi connectivity index (χ0n) is 19.2. The third-order valence-corrected chi connectivity index (χ3v) is 11.2. The molecule has 0 spiro atoms. The van der Waals surface area contributed by atoms with Crippen molar-refractivity contribution < 1.29 is 26.4 Å². The molecule has 6 nitrogen and oxygen atoms in total. The highest BCUT2D eigenvalue weighted by Crippen LogP contribution is 2.42. The molecule has 0 aromatic heterocycles. The standard InChI is InChI=1S/C25H30O6S2/c1-5-6-17-25(18-7-8-19-31-22(4)26,32(27,28)23-13-9-20(2)10-14-23)33(29,30)24-15-11-21(3)12-16-24/h5,7-16H,1,6,17-19H2,2-4H3/b8-7+. The molecule has 0 atom stereocenters. The fraction of sp³-hybridized carbons (Fsp3) is 0.320. The van der Waals surface area contributed by atoms with E-state index in [0.29, 0.717) is 0 Å². The van der Waals surface area contributed by atoms with Crippen LogP contribution in [0.1, 0.15) is 37.3 Å². The van der Waals surface area contributed by atoms with Crippen LogP contribution in [0, 0.1) is 13.8 Å². The number of ether oxygens (including phenoxy) is 1. The second-order valence-corrected chi connectivity index (χ2v) is 12.6. The minimum atomic E-state index is -4.37. The molecule has 33 heavy (non-hydrogen) atoms. The summed E-state index contributed by atoms with van der Waals surface area (Å²) >= 11 is 0. The van der Waals surface area contributed by atoms with Crippen LogP contribution in [0.15, 0.2) is 83.1 Å². The van der Waals surface area contributed by atoms with E-state index in [1.807, 2.05) is 13.8 Å². The number of hydrogen-bond acceptors (Lipinski definition) is 6. The van der Waals surface area contributed by atoms with Gasteiger partial charge in [0.15, 0.2) is 23.8 Å². The fourth-order valence-corrected chi connectivity index (χ4v) is 8.40. The quantitative estimate of drug-likeness (QED) is 0.334. The molecule has 0 heterocycles. The predicted molar refractivity (Wildman–Crippen MR) is 129 cm³/mol. The molecular formula is C25H30O6S2. The first-order valence-corrected chi connectivity index (χ1v) is 13.5. The molecule has 0 bridgehead atoms. The number of hydrogen-bond donors (Lipinski definition) is 0. The maximum Gasteiger partial charge on any atom is 0.302 e. The van der Waals surface area contributed by atoms with Gasteiger partial charge in [0.2, 0.25) is 0 Å². The topological polar surface area (TPSA) is 94.6 Å². The van der Waals surface area contributed by atoms with Gasteiger partial charge in [-0.25, -0.2) is 16.8 Å². The molecule has 0 radical (unpaired) electrons. The number of carbonyl (C=O) groups is 1. The zero-order chi connectivity index (χ0) is 24.7. The predicted octanol–water partition coefficient (Wildman–Crippen LogP) is 4.72. The summed E-state index contributed by atoms with van der Waals surface area (Å²) in [6, 6.07) is 12.3. The molecule has 2 rings (SSSR count). The summed E-state index contributed by atoms with van der Waals surface area (Å²) < 4.78 is 58.7. The van der Waals surface area contributed by atoms with E-state index in [9.17, 15) is 21.6 Å². The van der Waals surface area contributed by atoms with Crippen LogP contribution in [0.4, 0.5) is 0 Å². The van der Waals surface area contributed by atoms with E-state index >= 15 is 0 Å². The molecule has 0 aliphatic carbocycles. The number of benzene rings is 2. The number of allylic oxidation sites excluding steroid dienone is 2. The average Bonchev–Trinajstić information content (AvgIpc) is 2.75. The SMILES string of the molecule is C=CCCC(C/C=C/COC(C)=O)(S(=O)(=O)c1ccc(C)cc1)S(=O)(=O)c1ccc(C)cc1. The minimum Gasteiger partial charge on any atom is -0.462 e. The van der Waals surface area contributed by atoms with Crippen LogP contribution >= 0.6 is 0 Å². The monoisotopic (exact) mass is 490 g/mol. The van der Waals surface area contributed by atoms with Crippen LogP contribution in [0.25, 0.3) is 0 Å². The number of esters is 1. The number of aryl methyl sites for hydroxylation is 2. The molecule has 2 aromatic carbocycles. The maximum atomic E-state index is 14.0. The van der Waals surface area contributed by atoms with Crippen LogP contribution in [0.3, 0.4) is 0 Å². The van der Waals surface area contributed by atoms with Gasteiger partial charge in [0.05, 0.1) is 9.79 Å². The van der Waals surface area contributed by atoms with Gasteiger partial charge in [-0.3, -0.25) is 4.79 Å². The van der Waals surface area contributed by atoms with E-state index in [1.165, 1.54) is 49.4 Å². The van der Waals surface area contributed by atoms with Gasteiger partial charge in [0, 0.05) is 13.3 Å². The zero-order valence-corrected chi connectivity index (χ0v) is 20.8. The molecule has 0 fully saturated rings. The van der Waals surface area contributed by atoms with Crippen molar-refractivity contribution in [1.29, 1.82) is 0 Å². The van der Waals surface area contributed by atoms with E-state index in [1.54, 1.807) is 24.3 Å². The Hall–Kier alpha value is -2.71. The van der Waals surface area contributed by atoms with Gasteiger partial charge in [0.25, 0.3) is 0 Å². The largest absolute Gasteiger partial charge is 0.462 e. The Balaban J connectivity index is 2.74. The van der Waals surface area contributed by atoms with Gasteiger partial charge in [-0.1, -0.05) is 53.6 Å². The molecule has 0 saturated carbocycles. The van der Waals surface area contributed by atoms with E-state index in [2.05, 4.69) is 6.58 Å².